The highest BCUT2D eigenvalue weighted by Crippen LogP contribution is 2.48. The van der Waals surface area contributed by atoms with Crippen LogP contribution in [0.15, 0.2) is 41.6 Å². The molecule has 1 saturated heterocycles. The van der Waals surface area contributed by atoms with E-state index in [4.69, 9.17) is 14.3 Å². The maximum absolute atomic E-state index is 14.8. The van der Waals surface area contributed by atoms with Crippen LogP contribution in [0.5, 0.6) is 11.5 Å². The summed E-state index contributed by atoms with van der Waals surface area (Å²) in [6, 6.07) is 8.50. The highest BCUT2D eigenvalue weighted by molar-refractivity contribution is 6.38. The number of ether oxygens (including phenoxy) is 2. The van der Waals surface area contributed by atoms with Gasteiger partial charge in [0.25, 0.3) is 5.91 Å². The van der Waals surface area contributed by atoms with Crippen molar-refractivity contribution in [2.24, 2.45) is 16.5 Å². The normalized spacial score (nSPS) is 22.6. The molecular formula is C42H57N5O8. The fraction of sp³-hybridized carbons (Fsp3) is 0.571. The third kappa shape index (κ3) is 9.13. The average molecular weight is 760 g/mol. The quantitative estimate of drug-likeness (QED) is 0.224. The molecule has 5 rings (SSSR count). The van der Waals surface area contributed by atoms with Gasteiger partial charge in [-0.15, -0.1) is 0 Å². The van der Waals surface area contributed by atoms with Crippen LogP contribution in [0.4, 0.5) is 0 Å². The lowest BCUT2D eigenvalue weighted by Gasteiger charge is -2.35. The summed E-state index contributed by atoms with van der Waals surface area (Å²) in [7, 11) is 2.97. The topological polar surface area (TPSA) is 165 Å². The van der Waals surface area contributed by atoms with E-state index in [1.54, 1.807) is 7.11 Å². The molecule has 2 aromatic carbocycles. The Bertz CT molecular complexity index is 1800. The van der Waals surface area contributed by atoms with Crippen molar-refractivity contribution >= 4 is 35.1 Å². The monoisotopic (exact) mass is 759 g/mol. The summed E-state index contributed by atoms with van der Waals surface area (Å²) < 4.78 is 11.1. The van der Waals surface area contributed by atoms with Gasteiger partial charge in [-0.2, -0.15) is 0 Å². The molecule has 3 N–H and O–H groups in total. The summed E-state index contributed by atoms with van der Waals surface area (Å²) in [6.07, 6.45) is 2.67. The first-order valence-electron chi connectivity index (χ1n) is 19.4. The number of hydrogen-bond acceptors (Lipinski definition) is 9. The van der Waals surface area contributed by atoms with E-state index in [2.05, 4.69) is 21.1 Å². The number of ketones is 1. The van der Waals surface area contributed by atoms with Gasteiger partial charge in [-0.3, -0.25) is 24.0 Å². The molecule has 0 radical (unpaired) electrons. The van der Waals surface area contributed by atoms with Crippen molar-refractivity contribution in [1.29, 1.82) is 0 Å². The van der Waals surface area contributed by atoms with Gasteiger partial charge in [0.1, 0.15) is 23.6 Å². The molecule has 298 valence electrons. The third-order valence-electron chi connectivity index (χ3n) is 10.9. The summed E-state index contributed by atoms with van der Waals surface area (Å²) >= 11 is 0. The number of benzene rings is 2. The van der Waals surface area contributed by atoms with Gasteiger partial charge in [0.15, 0.2) is 5.60 Å². The van der Waals surface area contributed by atoms with E-state index in [0.29, 0.717) is 31.6 Å². The molecule has 2 aromatic rings. The molecule has 0 aromatic heterocycles. The van der Waals surface area contributed by atoms with Gasteiger partial charge >= 0.3 is 0 Å². The van der Waals surface area contributed by atoms with Crippen molar-refractivity contribution < 1.29 is 38.3 Å². The highest BCUT2D eigenvalue weighted by atomic mass is 16.7. The zero-order chi connectivity index (χ0) is 40.2. The summed E-state index contributed by atoms with van der Waals surface area (Å²) in [5, 5.41) is 12.7. The maximum atomic E-state index is 14.8. The maximum Gasteiger partial charge on any atom is 0.289 e. The number of oxime groups is 1. The number of likely N-dealkylation sites (tertiary alicyclic amines) is 1. The smallest absolute Gasteiger partial charge is 0.289 e. The van der Waals surface area contributed by atoms with Crippen LogP contribution in [0.1, 0.15) is 101 Å². The fourth-order valence-electron chi connectivity index (χ4n) is 7.77. The number of aryl methyl sites for hydroxylation is 2. The number of nitrogens with zero attached hydrogens (tertiary/aromatic N) is 2. The SMILES string of the molecule is CCCC[C@H](NC(=O)[C@@H]1C[C@]2(CC(c3cc(C)c(OCC)c(C)c3)=NO2)CN1C(=O)[C@@H](NC(=O)[C@@H]1C[C@H]1c1ccc(OC)cc1)C(C)(C)C)C(=O)C(=O)NC. The summed E-state index contributed by atoms with van der Waals surface area (Å²) in [5.74, 6) is -1.55. The number of rotatable bonds is 15. The minimum atomic E-state index is -1.07. The van der Waals surface area contributed by atoms with E-state index in [1.165, 1.54) is 11.9 Å². The fourth-order valence-corrected chi connectivity index (χ4v) is 7.77. The van der Waals surface area contributed by atoms with E-state index < -0.39 is 52.6 Å². The van der Waals surface area contributed by atoms with Gasteiger partial charge < -0.3 is 35.2 Å². The van der Waals surface area contributed by atoms with Gasteiger partial charge in [0, 0.05) is 31.4 Å². The van der Waals surface area contributed by atoms with Crippen molar-refractivity contribution in [2.75, 3.05) is 27.3 Å². The van der Waals surface area contributed by atoms with E-state index in [0.717, 1.165) is 40.2 Å². The molecule has 0 bridgehead atoms. The van der Waals surface area contributed by atoms with Crippen LogP contribution in [-0.2, 0) is 28.8 Å². The number of carbonyl (C=O) groups is 5. The highest BCUT2D eigenvalue weighted by Gasteiger charge is 2.56. The number of amides is 4. The predicted octanol–water partition coefficient (Wildman–Crippen LogP) is 4.50. The number of unbranched alkanes of at least 4 members (excludes halogenated alkanes) is 1. The Kier molecular flexibility index (Phi) is 12.6. The molecule has 13 heteroatoms. The Morgan fingerprint density at radius 3 is 2.27 bits per heavy atom. The molecule has 6 atom stereocenters. The van der Waals surface area contributed by atoms with Crippen LogP contribution in [0.25, 0.3) is 0 Å². The lowest BCUT2D eigenvalue weighted by Crippen LogP contribution is -2.59. The lowest BCUT2D eigenvalue weighted by molar-refractivity contribution is -0.145. The molecular weight excluding hydrogens is 702 g/mol. The van der Waals surface area contributed by atoms with Crippen LogP contribution < -0.4 is 25.4 Å². The van der Waals surface area contributed by atoms with Crippen LogP contribution in [-0.4, -0.2) is 91.1 Å². The Morgan fingerprint density at radius 1 is 1.02 bits per heavy atom. The molecule has 13 nitrogen and oxygen atoms in total. The van der Waals surface area contributed by atoms with Crippen LogP contribution >= 0.6 is 0 Å². The number of nitrogens with one attached hydrogen (secondary N) is 3. The first kappa shape index (κ1) is 41.2. The molecule has 3 aliphatic rings. The van der Waals surface area contributed by atoms with Crippen molar-refractivity contribution in [2.45, 2.75) is 117 Å². The van der Waals surface area contributed by atoms with Crippen LogP contribution in [0, 0.1) is 25.2 Å². The van der Waals surface area contributed by atoms with E-state index in [1.807, 2.05) is 84.9 Å². The number of hydrogen-bond donors (Lipinski definition) is 3. The van der Waals surface area contributed by atoms with Gasteiger partial charge in [0.05, 0.1) is 32.0 Å². The van der Waals surface area contributed by atoms with Gasteiger partial charge in [-0.05, 0) is 85.9 Å². The first-order chi connectivity index (χ1) is 26.1. The second kappa shape index (κ2) is 16.8. The molecule has 2 fully saturated rings. The van der Waals surface area contributed by atoms with Crippen molar-refractivity contribution in [3.63, 3.8) is 0 Å². The largest absolute Gasteiger partial charge is 0.497 e. The van der Waals surface area contributed by atoms with Gasteiger partial charge in [0.2, 0.25) is 23.5 Å². The second-order valence-electron chi connectivity index (χ2n) is 16.2. The Hall–Kier alpha value is -4.94. The minimum Gasteiger partial charge on any atom is -0.497 e. The first-order valence-corrected chi connectivity index (χ1v) is 19.4. The molecule has 2 aliphatic heterocycles. The summed E-state index contributed by atoms with van der Waals surface area (Å²) in [6.45, 7) is 14.0. The van der Waals surface area contributed by atoms with Crippen LogP contribution in [0.2, 0.25) is 0 Å². The second-order valence-corrected chi connectivity index (χ2v) is 16.2. The number of methoxy groups -OCH3 is 1. The Morgan fingerprint density at radius 2 is 1.69 bits per heavy atom. The molecule has 0 unspecified atom stereocenters. The van der Waals surface area contributed by atoms with Crippen molar-refractivity contribution in [1.82, 2.24) is 20.9 Å². The molecule has 55 heavy (non-hydrogen) atoms. The van der Waals surface area contributed by atoms with E-state index in [9.17, 15) is 24.0 Å². The standard InChI is InChI=1S/C42H57N5O8/c1-10-12-13-31(34(48)39(51)43-8)44-38(50)33-22-42(21-32(46-55-42)27-18-24(3)35(54-11-2)25(4)19-27)23-47(33)40(52)36(41(5,6)7)45-37(49)30-20-29(30)26-14-16-28(53-9)17-15-26/h14-19,29-31,33,36H,10-13,20-23H2,1-9H3,(H,43,51)(H,44,50)(H,45,49)/t29-,30+,31-,33-,36+,42+/m0/s1. The number of carbonyl (C=O) groups excluding carboxylic acids is 5. The molecule has 1 spiro atoms. The predicted molar refractivity (Wildman–Crippen MR) is 208 cm³/mol. The zero-order valence-electron chi connectivity index (χ0n) is 33.7. The van der Waals surface area contributed by atoms with Gasteiger partial charge in [-0.1, -0.05) is 57.8 Å². The van der Waals surface area contributed by atoms with Crippen molar-refractivity contribution in [3.05, 3.63) is 58.7 Å². The van der Waals surface area contributed by atoms with Crippen molar-refractivity contribution in [3.8, 4) is 11.5 Å². The zero-order valence-corrected chi connectivity index (χ0v) is 33.7. The van der Waals surface area contributed by atoms with E-state index >= 15 is 0 Å². The molecule has 4 amide bonds. The van der Waals surface area contributed by atoms with E-state index in [-0.39, 0.29) is 37.1 Å². The lowest BCUT2D eigenvalue weighted by atomic mass is 9.85. The minimum absolute atomic E-state index is 0.0189. The summed E-state index contributed by atoms with van der Waals surface area (Å²) in [4.78, 5) is 76.0. The molecule has 2 heterocycles. The number of Topliss-reactive ketones (excluding diaryl/α,β-unsaturated/α-hetero) is 1. The Labute approximate surface area is 324 Å². The third-order valence-corrected chi connectivity index (χ3v) is 10.9. The summed E-state index contributed by atoms with van der Waals surface area (Å²) in [5.41, 5.74) is 2.68. The molecule has 1 aliphatic carbocycles. The van der Waals surface area contributed by atoms with Gasteiger partial charge in [-0.25, -0.2) is 0 Å². The van der Waals surface area contributed by atoms with Crippen LogP contribution in [0.3, 0.4) is 0 Å². The number of likely N-dealkylation sites (N-methyl/N-ethyl adjacent to an activating group) is 1. The molecule has 1 saturated carbocycles. The average Bonchev–Trinajstić information content (AvgIpc) is 3.72. The Balaban J connectivity index is 1.42.